The Morgan fingerprint density at radius 1 is 0.971 bits per heavy atom. The van der Waals surface area contributed by atoms with Gasteiger partial charge in [0.1, 0.15) is 0 Å². The van der Waals surface area contributed by atoms with Crippen LogP contribution in [0.25, 0.3) is 0 Å². The molecule has 0 N–H and O–H groups in total. The topological polar surface area (TPSA) is 17.1 Å². The van der Waals surface area contributed by atoms with Gasteiger partial charge in [-0.1, -0.05) is 81.7 Å². The highest BCUT2D eigenvalue weighted by molar-refractivity contribution is 5.94. The summed E-state index contributed by atoms with van der Waals surface area (Å²) in [5.74, 6) is 4.20. The standard InChI is InChI=1S/C33H56O/c1-21-18-26-27(34)19-25-24(31(26,9)20-22(21)2)13-16-33(11)28(14-17-32(25,33)10)30(7,8)23(3)12-15-29(4,5)6/h19,21-24,26,28H,12-18,20H2,1-11H3/t21-,22-,23+,24?,26-,28+,31+,32-,33+/m0/s1. The number of ketones is 1. The Labute approximate surface area is 212 Å². The lowest BCUT2D eigenvalue weighted by Gasteiger charge is -2.62. The first kappa shape index (κ1) is 26.5. The summed E-state index contributed by atoms with van der Waals surface area (Å²) in [5.41, 5.74) is 2.96. The molecule has 1 nitrogen and oxygen atoms in total. The molecule has 9 atom stereocenters. The van der Waals surface area contributed by atoms with E-state index < -0.39 is 0 Å². The molecule has 4 aliphatic carbocycles. The Kier molecular flexibility index (Phi) is 6.39. The number of hydrogen-bond acceptors (Lipinski definition) is 1. The van der Waals surface area contributed by atoms with Crippen LogP contribution in [0.2, 0.25) is 0 Å². The lowest BCUT2D eigenvalue weighted by molar-refractivity contribution is -0.134. The van der Waals surface area contributed by atoms with Gasteiger partial charge in [-0.15, -0.1) is 0 Å². The molecule has 0 radical (unpaired) electrons. The molecule has 0 spiro atoms. The van der Waals surface area contributed by atoms with Crippen LogP contribution in [-0.2, 0) is 4.79 Å². The summed E-state index contributed by atoms with van der Waals surface area (Å²) in [6.45, 7) is 27.4. The van der Waals surface area contributed by atoms with Crippen LogP contribution < -0.4 is 0 Å². The van der Waals surface area contributed by atoms with E-state index in [1.807, 2.05) is 0 Å². The fraction of sp³-hybridized carbons (Fsp3) is 0.909. The predicted octanol–water partition coefficient (Wildman–Crippen LogP) is 9.51. The van der Waals surface area contributed by atoms with Gasteiger partial charge in [0.05, 0.1) is 0 Å². The Morgan fingerprint density at radius 2 is 1.62 bits per heavy atom. The van der Waals surface area contributed by atoms with Gasteiger partial charge in [-0.05, 0) is 114 Å². The molecule has 4 rings (SSSR count). The lowest BCUT2D eigenvalue weighted by Crippen LogP contribution is -2.56. The normalized spacial score (nSPS) is 45.8. The van der Waals surface area contributed by atoms with Gasteiger partial charge in [-0.2, -0.15) is 0 Å². The van der Waals surface area contributed by atoms with Gasteiger partial charge in [0, 0.05) is 5.92 Å². The molecule has 3 saturated carbocycles. The molecule has 0 heterocycles. The Balaban J connectivity index is 1.66. The minimum absolute atomic E-state index is 0.172. The van der Waals surface area contributed by atoms with Gasteiger partial charge in [0.25, 0.3) is 0 Å². The number of allylic oxidation sites excluding steroid dienone is 2. The Morgan fingerprint density at radius 3 is 2.24 bits per heavy atom. The maximum Gasteiger partial charge on any atom is 0.159 e. The van der Waals surface area contributed by atoms with Crippen molar-refractivity contribution in [1.82, 2.24) is 0 Å². The molecular weight excluding hydrogens is 412 g/mol. The van der Waals surface area contributed by atoms with Crippen LogP contribution in [-0.4, -0.2) is 5.78 Å². The van der Waals surface area contributed by atoms with E-state index in [-0.39, 0.29) is 16.7 Å². The van der Waals surface area contributed by atoms with Crippen LogP contribution in [0.5, 0.6) is 0 Å². The van der Waals surface area contributed by atoms with E-state index in [2.05, 4.69) is 82.2 Å². The largest absolute Gasteiger partial charge is 0.295 e. The van der Waals surface area contributed by atoms with E-state index in [4.69, 9.17) is 0 Å². The second-order valence-corrected chi connectivity index (χ2v) is 16.2. The van der Waals surface area contributed by atoms with Crippen molar-refractivity contribution in [2.24, 2.45) is 62.6 Å². The van der Waals surface area contributed by atoms with Crippen molar-refractivity contribution in [3.63, 3.8) is 0 Å². The predicted molar refractivity (Wildman–Crippen MR) is 146 cm³/mol. The summed E-state index contributed by atoms with van der Waals surface area (Å²) in [7, 11) is 0. The monoisotopic (exact) mass is 468 g/mol. The van der Waals surface area contributed by atoms with Crippen LogP contribution in [0.3, 0.4) is 0 Å². The second-order valence-electron chi connectivity index (χ2n) is 16.2. The van der Waals surface area contributed by atoms with Crippen molar-refractivity contribution in [3.05, 3.63) is 11.6 Å². The molecule has 194 valence electrons. The number of carbonyl (C=O) groups is 1. The summed E-state index contributed by atoms with van der Waals surface area (Å²) in [6.07, 6.45) is 12.4. The average Bonchev–Trinajstić information content (AvgIpc) is 3.00. The van der Waals surface area contributed by atoms with E-state index in [9.17, 15) is 4.79 Å². The number of fused-ring (bicyclic) bond motifs is 5. The van der Waals surface area contributed by atoms with Crippen LogP contribution in [0.4, 0.5) is 0 Å². The molecule has 0 aromatic heterocycles. The summed E-state index contributed by atoms with van der Waals surface area (Å²) in [5, 5.41) is 0. The van der Waals surface area contributed by atoms with Crippen LogP contribution in [0.15, 0.2) is 11.6 Å². The van der Waals surface area contributed by atoms with E-state index >= 15 is 0 Å². The first-order valence-electron chi connectivity index (χ1n) is 14.7. The molecule has 34 heavy (non-hydrogen) atoms. The highest BCUT2D eigenvalue weighted by atomic mass is 16.1. The molecule has 0 aromatic carbocycles. The number of hydrogen-bond donors (Lipinski definition) is 0. The third kappa shape index (κ3) is 3.80. The highest BCUT2D eigenvalue weighted by Gasteiger charge is 2.66. The quantitative estimate of drug-likeness (QED) is 0.401. The van der Waals surface area contributed by atoms with Crippen molar-refractivity contribution >= 4 is 5.78 Å². The number of carbonyl (C=O) groups excluding carboxylic acids is 1. The molecule has 0 bridgehead atoms. The van der Waals surface area contributed by atoms with Gasteiger partial charge in [0.2, 0.25) is 0 Å². The SMILES string of the molecule is C[C@H](CCC(C)(C)C)C(C)(C)[C@H]1CC[C@@]2(C)C3=CC(=O)[C@@H]4C[C@H](C)[C@@H](C)C[C@]4(C)C3CC[C@]12C. The third-order valence-corrected chi connectivity index (χ3v) is 13.0. The maximum atomic E-state index is 13.7. The molecule has 4 aliphatic rings. The summed E-state index contributed by atoms with van der Waals surface area (Å²) in [6, 6.07) is 0. The molecule has 3 fully saturated rings. The van der Waals surface area contributed by atoms with Gasteiger partial charge >= 0.3 is 0 Å². The molecule has 1 heteroatoms. The van der Waals surface area contributed by atoms with Crippen molar-refractivity contribution in [1.29, 1.82) is 0 Å². The molecule has 0 saturated heterocycles. The first-order chi connectivity index (χ1) is 15.5. The minimum atomic E-state index is 0.172. The fourth-order valence-electron chi connectivity index (χ4n) is 9.82. The fourth-order valence-corrected chi connectivity index (χ4v) is 9.82. The zero-order valence-corrected chi connectivity index (χ0v) is 24.6. The van der Waals surface area contributed by atoms with Crippen LogP contribution in [0.1, 0.15) is 128 Å². The van der Waals surface area contributed by atoms with Crippen molar-refractivity contribution in [2.75, 3.05) is 0 Å². The Bertz CT molecular complexity index is 841. The van der Waals surface area contributed by atoms with E-state index in [0.717, 1.165) is 24.2 Å². The summed E-state index contributed by atoms with van der Waals surface area (Å²) >= 11 is 0. The zero-order valence-electron chi connectivity index (χ0n) is 24.6. The molecule has 0 amide bonds. The van der Waals surface area contributed by atoms with Crippen LogP contribution >= 0.6 is 0 Å². The van der Waals surface area contributed by atoms with Crippen molar-refractivity contribution in [3.8, 4) is 0 Å². The van der Waals surface area contributed by atoms with Crippen molar-refractivity contribution < 1.29 is 4.79 Å². The van der Waals surface area contributed by atoms with Gasteiger partial charge in [0.15, 0.2) is 5.78 Å². The molecule has 1 unspecified atom stereocenters. The summed E-state index contributed by atoms with van der Waals surface area (Å²) in [4.78, 5) is 13.7. The van der Waals surface area contributed by atoms with Gasteiger partial charge < -0.3 is 0 Å². The average molecular weight is 469 g/mol. The van der Waals surface area contributed by atoms with E-state index in [0.29, 0.717) is 33.9 Å². The molecular formula is C33H56O. The third-order valence-electron chi connectivity index (χ3n) is 13.0. The molecule has 0 aliphatic heterocycles. The second kappa shape index (κ2) is 8.21. The lowest BCUT2D eigenvalue weighted by atomic mass is 9.41. The van der Waals surface area contributed by atoms with Crippen LogP contribution in [0, 0.1) is 62.6 Å². The highest BCUT2D eigenvalue weighted by Crippen LogP contribution is 2.74. The number of rotatable bonds is 4. The van der Waals surface area contributed by atoms with Gasteiger partial charge in [-0.3, -0.25) is 4.79 Å². The summed E-state index contributed by atoms with van der Waals surface area (Å²) < 4.78 is 0. The minimum Gasteiger partial charge on any atom is -0.295 e. The zero-order chi connectivity index (χ0) is 25.5. The first-order valence-corrected chi connectivity index (χ1v) is 14.7. The van der Waals surface area contributed by atoms with E-state index in [1.54, 1.807) is 5.57 Å². The maximum absolute atomic E-state index is 13.7. The van der Waals surface area contributed by atoms with Gasteiger partial charge in [-0.25, -0.2) is 0 Å². The van der Waals surface area contributed by atoms with Crippen molar-refractivity contribution in [2.45, 2.75) is 128 Å². The smallest absolute Gasteiger partial charge is 0.159 e. The van der Waals surface area contributed by atoms with E-state index in [1.165, 1.54) is 44.9 Å². The molecule has 0 aromatic rings. The Hall–Kier alpha value is -0.590.